The lowest BCUT2D eigenvalue weighted by Crippen LogP contribution is -2.25. The molecular formula is C24H20N2O2. The van der Waals surface area contributed by atoms with Gasteiger partial charge >= 0.3 is 0 Å². The van der Waals surface area contributed by atoms with E-state index in [-0.39, 0.29) is 0 Å². The molecule has 2 heterocycles. The number of hydrogen-bond donors (Lipinski definition) is 1. The number of aromatic nitrogens is 1. The summed E-state index contributed by atoms with van der Waals surface area (Å²) in [5.41, 5.74) is 5.49. The number of hydrogen-bond acceptors (Lipinski definition) is 2. The first-order valence-electron chi connectivity index (χ1n) is 9.13. The minimum atomic E-state index is -0.649. The Balaban J connectivity index is 1.81. The number of carbonyl (C=O) groups is 2. The van der Waals surface area contributed by atoms with Crippen LogP contribution < -0.4 is 5.32 Å². The molecule has 4 nitrogen and oxygen atoms in total. The Morgan fingerprint density at radius 1 is 0.821 bits per heavy atom. The molecule has 4 aromatic rings. The predicted octanol–water partition coefficient (Wildman–Crippen LogP) is 5.04. The van der Waals surface area contributed by atoms with Crippen LogP contribution in [0.25, 0.3) is 16.6 Å². The van der Waals surface area contributed by atoms with Crippen LogP contribution in [0.3, 0.4) is 0 Å². The topological polar surface area (TPSA) is 50.6 Å². The van der Waals surface area contributed by atoms with Gasteiger partial charge in [-0.3, -0.25) is 9.59 Å². The van der Waals surface area contributed by atoms with Crippen molar-refractivity contribution >= 4 is 22.9 Å². The molecule has 0 spiro atoms. The third-order valence-electron chi connectivity index (χ3n) is 4.80. The summed E-state index contributed by atoms with van der Waals surface area (Å²) in [6.45, 7) is 3.90. The average molecular weight is 368 g/mol. The summed E-state index contributed by atoms with van der Waals surface area (Å²) in [5, 5.41) is 2.72. The van der Waals surface area contributed by atoms with Crippen molar-refractivity contribution in [2.45, 2.75) is 13.8 Å². The minimum absolute atomic E-state index is 0.379. The molecule has 0 radical (unpaired) electrons. The number of Topliss-reactive ketones (excluding diaryl/α,β-unsaturated/α-hetero) is 1. The molecule has 28 heavy (non-hydrogen) atoms. The van der Waals surface area contributed by atoms with Gasteiger partial charge in [-0.25, -0.2) is 0 Å². The molecule has 138 valence electrons. The second-order valence-corrected chi connectivity index (χ2v) is 6.85. The van der Waals surface area contributed by atoms with Crippen LogP contribution in [0.2, 0.25) is 0 Å². The Kier molecular flexibility index (Phi) is 4.53. The van der Waals surface area contributed by atoms with Crippen molar-refractivity contribution in [2.75, 3.05) is 5.32 Å². The van der Waals surface area contributed by atoms with Gasteiger partial charge in [-0.1, -0.05) is 54.1 Å². The number of rotatable bonds is 4. The highest BCUT2D eigenvalue weighted by Crippen LogP contribution is 2.29. The number of ketones is 1. The molecule has 4 heteroatoms. The molecule has 0 saturated heterocycles. The number of amides is 1. The van der Waals surface area contributed by atoms with E-state index in [9.17, 15) is 9.59 Å². The number of nitrogens with zero attached hydrogens (tertiary/aromatic N) is 1. The molecule has 0 aliphatic heterocycles. The smallest absolute Gasteiger partial charge is 0.298 e. The SMILES string of the molecule is Cc1ccc(NC(=O)C(=O)c2c(-c3ccccc3)cc3cccc(C)n23)cc1. The van der Waals surface area contributed by atoms with Crippen molar-refractivity contribution in [1.82, 2.24) is 4.40 Å². The van der Waals surface area contributed by atoms with E-state index in [1.54, 1.807) is 12.1 Å². The molecule has 0 atom stereocenters. The monoisotopic (exact) mass is 368 g/mol. The van der Waals surface area contributed by atoms with Crippen LogP contribution in [0, 0.1) is 13.8 Å². The van der Waals surface area contributed by atoms with Crippen LogP contribution >= 0.6 is 0 Å². The minimum Gasteiger partial charge on any atom is -0.319 e. The van der Waals surface area contributed by atoms with Gasteiger partial charge in [0.15, 0.2) is 0 Å². The maximum Gasteiger partial charge on any atom is 0.298 e. The molecule has 1 N–H and O–H groups in total. The van der Waals surface area contributed by atoms with Gasteiger partial charge in [-0.2, -0.15) is 0 Å². The maximum absolute atomic E-state index is 13.2. The molecule has 2 aromatic heterocycles. The Morgan fingerprint density at radius 3 is 2.25 bits per heavy atom. The lowest BCUT2D eigenvalue weighted by Gasteiger charge is -2.09. The van der Waals surface area contributed by atoms with Crippen molar-refractivity contribution < 1.29 is 9.59 Å². The summed E-state index contributed by atoms with van der Waals surface area (Å²) < 4.78 is 1.85. The van der Waals surface area contributed by atoms with Gasteiger partial charge in [-0.15, -0.1) is 0 Å². The van der Waals surface area contributed by atoms with Crippen molar-refractivity contribution in [2.24, 2.45) is 0 Å². The van der Waals surface area contributed by atoms with E-state index in [1.165, 1.54) is 0 Å². The maximum atomic E-state index is 13.2. The summed E-state index contributed by atoms with van der Waals surface area (Å²) >= 11 is 0. The lowest BCUT2D eigenvalue weighted by atomic mass is 10.0. The summed E-state index contributed by atoms with van der Waals surface area (Å²) in [6.07, 6.45) is 0. The van der Waals surface area contributed by atoms with Crippen LogP contribution in [0.15, 0.2) is 78.9 Å². The number of benzene rings is 2. The van der Waals surface area contributed by atoms with Gasteiger partial charge in [0.1, 0.15) is 5.69 Å². The molecule has 4 rings (SSSR count). The average Bonchev–Trinajstić information content (AvgIpc) is 3.10. The molecule has 0 aliphatic rings. The Morgan fingerprint density at radius 2 is 1.54 bits per heavy atom. The quantitative estimate of drug-likeness (QED) is 0.405. The van der Waals surface area contributed by atoms with Gasteiger partial charge in [0.25, 0.3) is 11.7 Å². The molecule has 1 amide bonds. The number of fused-ring (bicyclic) bond motifs is 1. The fourth-order valence-corrected chi connectivity index (χ4v) is 3.39. The van der Waals surface area contributed by atoms with Crippen LogP contribution in [0.5, 0.6) is 0 Å². The first kappa shape index (κ1) is 17.7. The molecule has 0 unspecified atom stereocenters. The standard InChI is InChI=1S/C24H20N2O2/c1-16-11-13-19(14-12-16)25-24(28)23(27)22-21(18-8-4-3-5-9-18)15-20-10-6-7-17(2)26(20)22/h3-15H,1-2H3,(H,25,28). The second kappa shape index (κ2) is 7.16. The predicted molar refractivity (Wildman–Crippen MR) is 112 cm³/mol. The van der Waals surface area contributed by atoms with Gasteiger partial charge in [0.05, 0.1) is 0 Å². The van der Waals surface area contributed by atoms with Crippen LogP contribution in [-0.2, 0) is 4.79 Å². The van der Waals surface area contributed by atoms with Crippen LogP contribution in [0.4, 0.5) is 5.69 Å². The van der Waals surface area contributed by atoms with Gasteiger partial charge < -0.3 is 9.72 Å². The Labute approximate surface area is 163 Å². The fraction of sp³-hybridized carbons (Fsp3) is 0.0833. The summed E-state index contributed by atoms with van der Waals surface area (Å²) in [5.74, 6) is -1.21. The summed E-state index contributed by atoms with van der Waals surface area (Å²) in [7, 11) is 0. The van der Waals surface area contributed by atoms with Crippen molar-refractivity contribution in [3.63, 3.8) is 0 Å². The fourth-order valence-electron chi connectivity index (χ4n) is 3.39. The number of anilines is 1. The van der Waals surface area contributed by atoms with Crippen LogP contribution in [0.1, 0.15) is 21.7 Å². The van der Waals surface area contributed by atoms with Gasteiger partial charge in [0.2, 0.25) is 0 Å². The van der Waals surface area contributed by atoms with Crippen molar-refractivity contribution in [1.29, 1.82) is 0 Å². The molecule has 0 bridgehead atoms. The third-order valence-corrected chi connectivity index (χ3v) is 4.80. The molecule has 0 fully saturated rings. The van der Waals surface area contributed by atoms with Crippen LogP contribution in [-0.4, -0.2) is 16.1 Å². The highest BCUT2D eigenvalue weighted by Gasteiger charge is 2.25. The van der Waals surface area contributed by atoms with Gasteiger partial charge in [0, 0.05) is 22.5 Å². The lowest BCUT2D eigenvalue weighted by molar-refractivity contribution is -0.112. The second-order valence-electron chi connectivity index (χ2n) is 6.85. The molecule has 2 aromatic carbocycles. The number of aryl methyl sites for hydroxylation is 2. The summed E-state index contributed by atoms with van der Waals surface area (Å²) in [6, 6.07) is 24.8. The number of nitrogens with one attached hydrogen (secondary N) is 1. The highest BCUT2D eigenvalue weighted by atomic mass is 16.2. The van der Waals surface area contributed by atoms with E-state index in [2.05, 4.69) is 5.32 Å². The largest absolute Gasteiger partial charge is 0.319 e. The van der Waals surface area contributed by atoms with E-state index in [0.29, 0.717) is 11.4 Å². The molecular weight excluding hydrogens is 348 g/mol. The van der Waals surface area contributed by atoms with Crippen molar-refractivity contribution in [3.05, 3.63) is 95.8 Å². The normalized spacial score (nSPS) is 10.8. The summed E-state index contributed by atoms with van der Waals surface area (Å²) in [4.78, 5) is 26.0. The van der Waals surface area contributed by atoms with Crippen molar-refractivity contribution in [3.8, 4) is 11.1 Å². The zero-order chi connectivity index (χ0) is 19.7. The molecule has 0 aliphatic carbocycles. The van der Waals surface area contributed by atoms with E-state index in [1.807, 2.05) is 85.0 Å². The van der Waals surface area contributed by atoms with E-state index in [4.69, 9.17) is 0 Å². The van der Waals surface area contributed by atoms with E-state index >= 15 is 0 Å². The number of carbonyl (C=O) groups excluding carboxylic acids is 2. The third kappa shape index (κ3) is 3.21. The first-order valence-corrected chi connectivity index (χ1v) is 9.13. The molecule has 0 saturated carbocycles. The van der Waals surface area contributed by atoms with E-state index < -0.39 is 11.7 Å². The van der Waals surface area contributed by atoms with Gasteiger partial charge in [-0.05, 0) is 49.7 Å². The van der Waals surface area contributed by atoms with E-state index in [0.717, 1.165) is 27.9 Å². The number of pyridine rings is 1. The zero-order valence-electron chi connectivity index (χ0n) is 15.8. The highest BCUT2D eigenvalue weighted by molar-refractivity contribution is 6.47. The Bertz CT molecular complexity index is 1170. The Hall–Kier alpha value is -3.66. The zero-order valence-corrected chi connectivity index (χ0v) is 15.8. The first-order chi connectivity index (χ1) is 13.5.